The predicted molar refractivity (Wildman–Crippen MR) is 104 cm³/mol. The van der Waals surface area contributed by atoms with Crippen molar-refractivity contribution in [2.45, 2.75) is 33.1 Å². The first-order chi connectivity index (χ1) is 13.0. The number of hydrogen-bond acceptors (Lipinski definition) is 3. The van der Waals surface area contributed by atoms with Crippen LogP contribution in [0.1, 0.15) is 39.3 Å². The van der Waals surface area contributed by atoms with Crippen LogP contribution in [0, 0.1) is 13.8 Å². The Labute approximate surface area is 158 Å². The predicted octanol–water partition coefficient (Wildman–Crippen LogP) is 3.80. The summed E-state index contributed by atoms with van der Waals surface area (Å²) in [5, 5.41) is 7.20. The number of carbonyl (C=O) groups excluding carboxylic acids is 2. The Bertz CT molecular complexity index is 1040. The van der Waals surface area contributed by atoms with E-state index in [0.717, 1.165) is 24.9 Å². The SMILES string of the molecule is Cc1nn(-c2ccccc2)c(C)c1C(=O)C(=O)Nc1ccc2c(c1)CCC2. The molecule has 1 amide bonds. The topological polar surface area (TPSA) is 64.0 Å². The van der Waals surface area contributed by atoms with Crippen molar-refractivity contribution in [1.29, 1.82) is 0 Å². The Morgan fingerprint density at radius 1 is 1.00 bits per heavy atom. The molecule has 1 aliphatic rings. The van der Waals surface area contributed by atoms with Crippen LogP contribution in [0.2, 0.25) is 0 Å². The van der Waals surface area contributed by atoms with E-state index >= 15 is 0 Å². The fourth-order valence-electron chi connectivity index (χ4n) is 3.74. The molecular formula is C22H21N3O2. The number of hydrogen-bond donors (Lipinski definition) is 1. The third kappa shape index (κ3) is 3.16. The molecule has 0 unspecified atom stereocenters. The molecule has 0 saturated carbocycles. The maximum Gasteiger partial charge on any atom is 0.296 e. The summed E-state index contributed by atoms with van der Waals surface area (Å²) in [5.74, 6) is -1.19. The maximum absolute atomic E-state index is 12.8. The number of amides is 1. The molecule has 2 aromatic carbocycles. The summed E-state index contributed by atoms with van der Waals surface area (Å²) in [5.41, 5.74) is 5.67. The van der Waals surface area contributed by atoms with Gasteiger partial charge in [-0.2, -0.15) is 5.10 Å². The van der Waals surface area contributed by atoms with Gasteiger partial charge in [0, 0.05) is 5.69 Å². The lowest BCUT2D eigenvalue weighted by Crippen LogP contribution is -2.24. The monoisotopic (exact) mass is 359 g/mol. The lowest BCUT2D eigenvalue weighted by atomic mass is 10.1. The molecule has 0 fully saturated rings. The number of aromatic nitrogens is 2. The average molecular weight is 359 g/mol. The molecule has 5 heteroatoms. The van der Waals surface area contributed by atoms with E-state index in [1.165, 1.54) is 11.1 Å². The van der Waals surface area contributed by atoms with E-state index in [4.69, 9.17) is 0 Å². The highest BCUT2D eigenvalue weighted by molar-refractivity contribution is 6.47. The highest BCUT2D eigenvalue weighted by Crippen LogP contribution is 2.25. The Balaban J connectivity index is 1.59. The molecule has 0 atom stereocenters. The van der Waals surface area contributed by atoms with Crippen molar-refractivity contribution in [3.63, 3.8) is 0 Å². The number of para-hydroxylation sites is 1. The third-order valence-electron chi connectivity index (χ3n) is 5.08. The normalized spacial score (nSPS) is 12.7. The summed E-state index contributed by atoms with van der Waals surface area (Å²) in [4.78, 5) is 25.4. The van der Waals surface area contributed by atoms with Gasteiger partial charge in [0.2, 0.25) is 0 Å². The van der Waals surface area contributed by atoms with Crippen molar-refractivity contribution in [2.75, 3.05) is 5.32 Å². The van der Waals surface area contributed by atoms with Gasteiger partial charge in [-0.05, 0) is 68.5 Å². The molecule has 0 radical (unpaired) electrons. The number of nitrogens with one attached hydrogen (secondary N) is 1. The first-order valence-corrected chi connectivity index (χ1v) is 9.13. The zero-order valence-electron chi connectivity index (χ0n) is 15.5. The second kappa shape index (κ2) is 6.83. The molecule has 0 bridgehead atoms. The summed E-state index contributed by atoms with van der Waals surface area (Å²) >= 11 is 0. The van der Waals surface area contributed by atoms with Gasteiger partial charge in [-0.1, -0.05) is 24.3 Å². The number of benzene rings is 2. The van der Waals surface area contributed by atoms with Crippen LogP contribution in [0.5, 0.6) is 0 Å². The van der Waals surface area contributed by atoms with Crippen LogP contribution >= 0.6 is 0 Å². The van der Waals surface area contributed by atoms with Gasteiger partial charge in [-0.15, -0.1) is 0 Å². The van der Waals surface area contributed by atoms with Crippen molar-refractivity contribution in [1.82, 2.24) is 9.78 Å². The lowest BCUT2D eigenvalue weighted by molar-refractivity contribution is -0.112. The summed E-state index contributed by atoms with van der Waals surface area (Å²) in [6, 6.07) is 15.4. The fourth-order valence-corrected chi connectivity index (χ4v) is 3.74. The molecule has 0 saturated heterocycles. The van der Waals surface area contributed by atoms with Crippen molar-refractivity contribution in [3.05, 3.63) is 76.6 Å². The number of Topliss-reactive ketones (excluding diaryl/α,β-unsaturated/α-hetero) is 1. The average Bonchev–Trinajstić information content (AvgIpc) is 3.25. The number of aryl methyl sites for hydroxylation is 3. The summed E-state index contributed by atoms with van der Waals surface area (Å²) in [6.07, 6.45) is 3.25. The number of fused-ring (bicyclic) bond motifs is 1. The first-order valence-electron chi connectivity index (χ1n) is 9.13. The molecule has 0 aliphatic heterocycles. The van der Waals surface area contributed by atoms with E-state index in [1.807, 2.05) is 55.5 Å². The molecule has 136 valence electrons. The minimum Gasteiger partial charge on any atom is -0.319 e. The van der Waals surface area contributed by atoms with E-state index in [9.17, 15) is 9.59 Å². The Morgan fingerprint density at radius 3 is 2.52 bits per heavy atom. The molecule has 1 aromatic heterocycles. The Kier molecular flexibility index (Phi) is 4.36. The number of nitrogens with zero attached hydrogens (tertiary/aromatic N) is 2. The zero-order valence-corrected chi connectivity index (χ0v) is 15.5. The van der Waals surface area contributed by atoms with Crippen LogP contribution in [0.15, 0.2) is 48.5 Å². The van der Waals surface area contributed by atoms with E-state index in [0.29, 0.717) is 22.6 Å². The zero-order chi connectivity index (χ0) is 19.0. The quantitative estimate of drug-likeness (QED) is 0.569. The largest absolute Gasteiger partial charge is 0.319 e. The number of rotatable bonds is 4. The van der Waals surface area contributed by atoms with Crippen LogP contribution in [0.25, 0.3) is 5.69 Å². The van der Waals surface area contributed by atoms with Gasteiger partial charge in [0.1, 0.15) is 0 Å². The first kappa shape index (κ1) is 17.2. The van der Waals surface area contributed by atoms with Crippen LogP contribution in [0.3, 0.4) is 0 Å². The van der Waals surface area contributed by atoms with Gasteiger partial charge in [-0.25, -0.2) is 4.68 Å². The second-order valence-electron chi connectivity index (χ2n) is 6.91. The Hall–Kier alpha value is -3.21. The number of ketones is 1. The van der Waals surface area contributed by atoms with Crippen molar-refractivity contribution in [3.8, 4) is 5.69 Å². The van der Waals surface area contributed by atoms with Gasteiger partial charge < -0.3 is 5.32 Å². The molecule has 1 aliphatic carbocycles. The van der Waals surface area contributed by atoms with Gasteiger partial charge in [0.15, 0.2) is 0 Å². The molecular weight excluding hydrogens is 338 g/mol. The summed E-state index contributed by atoms with van der Waals surface area (Å²) in [7, 11) is 0. The van der Waals surface area contributed by atoms with Gasteiger partial charge in [0.25, 0.3) is 11.7 Å². The van der Waals surface area contributed by atoms with Crippen LogP contribution < -0.4 is 5.32 Å². The van der Waals surface area contributed by atoms with Gasteiger partial charge in [-0.3, -0.25) is 9.59 Å². The van der Waals surface area contributed by atoms with Gasteiger partial charge in [0.05, 0.1) is 22.6 Å². The summed E-state index contributed by atoms with van der Waals surface area (Å²) in [6.45, 7) is 3.56. The number of anilines is 1. The molecule has 0 spiro atoms. The molecule has 4 rings (SSSR count). The molecule has 1 N–H and O–H groups in total. The van der Waals surface area contributed by atoms with Crippen molar-refractivity contribution in [2.24, 2.45) is 0 Å². The van der Waals surface area contributed by atoms with Crippen LogP contribution in [-0.4, -0.2) is 21.5 Å². The van der Waals surface area contributed by atoms with Crippen LogP contribution in [0.4, 0.5) is 5.69 Å². The Morgan fingerprint density at radius 2 is 1.74 bits per heavy atom. The van der Waals surface area contributed by atoms with E-state index < -0.39 is 11.7 Å². The van der Waals surface area contributed by atoms with Crippen molar-refractivity contribution >= 4 is 17.4 Å². The van der Waals surface area contributed by atoms with Crippen LogP contribution in [-0.2, 0) is 17.6 Å². The third-order valence-corrected chi connectivity index (χ3v) is 5.08. The fraction of sp³-hybridized carbons (Fsp3) is 0.227. The highest BCUT2D eigenvalue weighted by atomic mass is 16.2. The van der Waals surface area contributed by atoms with E-state index in [1.54, 1.807) is 11.6 Å². The molecule has 5 nitrogen and oxygen atoms in total. The molecule has 27 heavy (non-hydrogen) atoms. The smallest absolute Gasteiger partial charge is 0.296 e. The lowest BCUT2D eigenvalue weighted by Gasteiger charge is -2.08. The molecule has 1 heterocycles. The number of carbonyl (C=O) groups is 2. The maximum atomic E-state index is 12.8. The minimum atomic E-state index is -0.633. The van der Waals surface area contributed by atoms with E-state index in [-0.39, 0.29) is 0 Å². The highest BCUT2D eigenvalue weighted by Gasteiger charge is 2.25. The van der Waals surface area contributed by atoms with E-state index in [2.05, 4.69) is 10.4 Å². The molecule has 3 aromatic rings. The minimum absolute atomic E-state index is 0.359. The second-order valence-corrected chi connectivity index (χ2v) is 6.91. The standard InChI is InChI=1S/C22H21N3O2/c1-14-20(15(2)25(24-14)19-9-4-3-5-10-19)21(26)22(27)23-18-12-11-16-7-6-8-17(16)13-18/h3-5,9-13H,6-8H2,1-2H3,(H,23,27). The van der Waals surface area contributed by atoms with Crippen molar-refractivity contribution < 1.29 is 9.59 Å². The summed E-state index contributed by atoms with van der Waals surface area (Å²) < 4.78 is 1.70. The van der Waals surface area contributed by atoms with Gasteiger partial charge >= 0.3 is 0 Å².